The maximum Gasteiger partial charge on any atom is 0.472 e. The first-order valence-electron chi connectivity index (χ1n) is 15.3. The molecule has 0 fully saturated rings. The zero-order chi connectivity index (χ0) is 30.8. The van der Waals surface area contributed by atoms with Gasteiger partial charge in [-0.1, -0.05) is 110 Å². The molecule has 0 saturated heterocycles. The molecule has 0 atom stereocenters. The molecule has 0 spiro atoms. The number of pyridine rings is 1. The van der Waals surface area contributed by atoms with Crippen LogP contribution in [0.3, 0.4) is 0 Å². The number of nitrogens with zero attached hydrogens (tertiary/aromatic N) is 3. The van der Waals surface area contributed by atoms with Gasteiger partial charge in [0.1, 0.15) is 29.5 Å². The standard InChI is InChI=1S/C38H44N3OS/c1-10-43-35-18-17-34(32-19-20-39-23-33(32)35)42-38-40(36-28(24(2)3)13-11-14-29(36)25(4)5)21-22-41(38)37-30(26(6)7)15-12-16-31(37)27(8)9/h10-27H,1H2,2-9H3/q+1. The topological polar surface area (TPSA) is 30.9 Å². The number of thioether (sulfide) groups is 1. The van der Waals surface area contributed by atoms with Gasteiger partial charge in [0.05, 0.1) is 0 Å². The van der Waals surface area contributed by atoms with Gasteiger partial charge in [-0.3, -0.25) is 4.98 Å². The highest BCUT2D eigenvalue weighted by molar-refractivity contribution is 8.02. The van der Waals surface area contributed by atoms with E-state index in [4.69, 9.17) is 4.74 Å². The van der Waals surface area contributed by atoms with Crippen molar-refractivity contribution in [1.82, 2.24) is 9.55 Å². The molecule has 222 valence electrons. The summed E-state index contributed by atoms with van der Waals surface area (Å²) in [5, 5.41) is 3.92. The quantitative estimate of drug-likeness (QED) is 0.120. The van der Waals surface area contributed by atoms with E-state index in [1.807, 2.05) is 23.9 Å². The van der Waals surface area contributed by atoms with Gasteiger partial charge in [-0.05, 0) is 47.3 Å². The van der Waals surface area contributed by atoms with Crippen LogP contribution in [0, 0.1) is 0 Å². The van der Waals surface area contributed by atoms with Crippen LogP contribution in [0.15, 0.2) is 96.3 Å². The maximum absolute atomic E-state index is 7.14. The number of fused-ring (bicyclic) bond motifs is 1. The Morgan fingerprint density at radius 2 is 1.35 bits per heavy atom. The Kier molecular flexibility index (Phi) is 9.12. The average Bonchev–Trinajstić information content (AvgIpc) is 3.40. The van der Waals surface area contributed by atoms with Crippen LogP contribution in [0.1, 0.15) is 101 Å². The van der Waals surface area contributed by atoms with E-state index in [1.165, 1.54) is 33.6 Å². The molecule has 0 unspecified atom stereocenters. The Morgan fingerprint density at radius 3 is 1.91 bits per heavy atom. The monoisotopic (exact) mass is 590 g/mol. The first-order valence-corrected chi connectivity index (χ1v) is 16.2. The van der Waals surface area contributed by atoms with Gasteiger partial charge in [0.25, 0.3) is 0 Å². The zero-order valence-electron chi connectivity index (χ0n) is 26.8. The van der Waals surface area contributed by atoms with Crippen LogP contribution in [0.2, 0.25) is 0 Å². The second-order valence-electron chi connectivity index (χ2n) is 12.4. The number of rotatable bonds is 10. The molecule has 3 aromatic carbocycles. The molecule has 0 bridgehead atoms. The van der Waals surface area contributed by atoms with Gasteiger partial charge in [0.15, 0.2) is 0 Å². The third-order valence-corrected chi connectivity index (χ3v) is 8.87. The third-order valence-electron chi connectivity index (χ3n) is 8.09. The van der Waals surface area contributed by atoms with Crippen molar-refractivity contribution in [3.05, 3.63) is 114 Å². The molecule has 5 heteroatoms. The number of imidazole rings is 1. The highest BCUT2D eigenvalue weighted by Crippen LogP contribution is 2.39. The van der Waals surface area contributed by atoms with Crippen LogP contribution < -0.4 is 9.30 Å². The fourth-order valence-corrected chi connectivity index (χ4v) is 6.53. The molecule has 4 nitrogen and oxygen atoms in total. The molecule has 0 aliphatic rings. The zero-order valence-corrected chi connectivity index (χ0v) is 27.6. The van der Waals surface area contributed by atoms with E-state index in [0.29, 0.717) is 23.7 Å². The molecular weight excluding hydrogens is 547 g/mol. The Morgan fingerprint density at radius 1 is 0.767 bits per heavy atom. The number of aromatic nitrogens is 3. The van der Waals surface area contributed by atoms with Crippen molar-refractivity contribution in [2.45, 2.75) is 84.0 Å². The molecule has 5 aromatic rings. The van der Waals surface area contributed by atoms with E-state index in [-0.39, 0.29) is 0 Å². The summed E-state index contributed by atoms with van der Waals surface area (Å²) in [5.74, 6) is 2.16. The lowest BCUT2D eigenvalue weighted by molar-refractivity contribution is -0.602. The van der Waals surface area contributed by atoms with Crippen molar-refractivity contribution in [2.75, 3.05) is 0 Å². The lowest BCUT2D eigenvalue weighted by atomic mass is 9.92. The lowest BCUT2D eigenvalue weighted by Gasteiger charge is -2.20. The van der Waals surface area contributed by atoms with Gasteiger partial charge >= 0.3 is 6.01 Å². The van der Waals surface area contributed by atoms with E-state index in [9.17, 15) is 0 Å². The van der Waals surface area contributed by atoms with Crippen molar-refractivity contribution in [3.8, 4) is 23.1 Å². The largest absolute Gasteiger partial charge is 0.472 e. The maximum atomic E-state index is 7.14. The molecular formula is C38H44N3OS+. The minimum absolute atomic E-state index is 0.341. The van der Waals surface area contributed by atoms with Crippen molar-refractivity contribution >= 4 is 22.5 Å². The molecule has 2 aromatic heterocycles. The molecule has 43 heavy (non-hydrogen) atoms. The molecule has 0 saturated carbocycles. The van der Waals surface area contributed by atoms with E-state index < -0.39 is 0 Å². The van der Waals surface area contributed by atoms with Crippen LogP contribution in [-0.4, -0.2) is 9.55 Å². The van der Waals surface area contributed by atoms with Crippen LogP contribution in [0.5, 0.6) is 11.8 Å². The molecule has 2 heterocycles. The SMILES string of the molecule is C=CSc1ccc(Oc2n(-c3c(C(C)C)cccc3C(C)C)cc[n+]2-c2c(C(C)C)cccc2C(C)C)c2ccncc12. The molecule has 0 amide bonds. The predicted octanol–water partition coefficient (Wildman–Crippen LogP) is 10.8. The first-order chi connectivity index (χ1) is 20.6. The summed E-state index contributed by atoms with van der Waals surface area (Å²) in [5.41, 5.74) is 7.58. The van der Waals surface area contributed by atoms with Crippen molar-refractivity contribution in [1.29, 1.82) is 0 Å². The van der Waals surface area contributed by atoms with Crippen LogP contribution >= 0.6 is 11.8 Å². The number of para-hydroxylation sites is 2. The van der Waals surface area contributed by atoms with E-state index in [0.717, 1.165) is 27.4 Å². The van der Waals surface area contributed by atoms with Gasteiger partial charge < -0.3 is 4.74 Å². The number of hydrogen-bond donors (Lipinski definition) is 0. The van der Waals surface area contributed by atoms with E-state index >= 15 is 0 Å². The Labute approximate surface area is 261 Å². The van der Waals surface area contributed by atoms with Gasteiger partial charge in [-0.2, -0.15) is 9.13 Å². The van der Waals surface area contributed by atoms with Gasteiger partial charge in [0.2, 0.25) is 0 Å². The van der Waals surface area contributed by atoms with Gasteiger partial charge in [-0.25, -0.2) is 0 Å². The van der Waals surface area contributed by atoms with Crippen LogP contribution in [0.4, 0.5) is 0 Å². The van der Waals surface area contributed by atoms with Gasteiger partial charge in [0, 0.05) is 50.3 Å². The highest BCUT2D eigenvalue weighted by Gasteiger charge is 2.32. The predicted molar refractivity (Wildman–Crippen MR) is 182 cm³/mol. The summed E-state index contributed by atoms with van der Waals surface area (Å²) < 4.78 is 11.7. The fraction of sp³-hybridized carbons (Fsp3) is 0.316. The normalized spacial score (nSPS) is 11.8. The highest BCUT2D eigenvalue weighted by atomic mass is 32.2. The third kappa shape index (κ3) is 5.88. The second-order valence-corrected chi connectivity index (χ2v) is 13.4. The van der Waals surface area contributed by atoms with Crippen molar-refractivity contribution < 1.29 is 9.30 Å². The van der Waals surface area contributed by atoms with E-state index in [1.54, 1.807) is 11.8 Å². The molecule has 0 aliphatic heterocycles. The average molecular weight is 591 g/mol. The molecule has 0 radical (unpaired) electrons. The Bertz CT molecular complexity index is 1630. The summed E-state index contributed by atoms with van der Waals surface area (Å²) in [7, 11) is 0. The lowest BCUT2D eigenvalue weighted by Crippen LogP contribution is -2.34. The second kappa shape index (κ2) is 12.8. The number of ether oxygens (including phenoxy) is 1. The fourth-order valence-electron chi connectivity index (χ4n) is 5.91. The summed E-state index contributed by atoms with van der Waals surface area (Å²) >= 11 is 1.60. The molecule has 0 N–H and O–H groups in total. The minimum atomic E-state index is 0.341. The summed E-state index contributed by atoms with van der Waals surface area (Å²) in [6, 6.07) is 20.4. The number of benzene rings is 3. The van der Waals surface area contributed by atoms with Crippen molar-refractivity contribution in [2.24, 2.45) is 0 Å². The summed E-state index contributed by atoms with van der Waals surface area (Å²) in [6.45, 7) is 22.1. The molecule has 0 aliphatic carbocycles. The summed E-state index contributed by atoms with van der Waals surface area (Å²) in [6.07, 6.45) is 8.10. The minimum Gasteiger partial charge on any atom is -0.390 e. The Hall–Kier alpha value is -3.83. The molecule has 5 rings (SSSR count). The van der Waals surface area contributed by atoms with Crippen molar-refractivity contribution in [3.63, 3.8) is 0 Å². The van der Waals surface area contributed by atoms with Crippen LogP contribution in [0.25, 0.3) is 22.1 Å². The first kappa shape index (κ1) is 30.6. The van der Waals surface area contributed by atoms with E-state index in [2.05, 4.69) is 137 Å². The summed E-state index contributed by atoms with van der Waals surface area (Å²) in [4.78, 5) is 5.54. The number of hydrogen-bond acceptors (Lipinski definition) is 3. The smallest absolute Gasteiger partial charge is 0.390 e. The Balaban J connectivity index is 1.86. The van der Waals surface area contributed by atoms with Crippen LogP contribution in [-0.2, 0) is 0 Å². The van der Waals surface area contributed by atoms with Gasteiger partial charge in [-0.15, -0.1) is 0 Å².